The molecule has 1 amide bonds. The van der Waals surface area contributed by atoms with Gasteiger partial charge in [-0.25, -0.2) is 8.42 Å². The van der Waals surface area contributed by atoms with E-state index >= 15 is 0 Å². The molecular formula is C20H20Cl2N4O3S3. The minimum atomic E-state index is -4.11. The van der Waals surface area contributed by atoms with E-state index in [4.69, 9.17) is 23.2 Å². The van der Waals surface area contributed by atoms with Gasteiger partial charge in [0.2, 0.25) is 11.0 Å². The summed E-state index contributed by atoms with van der Waals surface area (Å²) < 4.78 is 28.5. The van der Waals surface area contributed by atoms with Gasteiger partial charge in [0.05, 0.1) is 15.6 Å². The molecule has 0 radical (unpaired) electrons. The number of carbonyl (C=O) groups is 1. The highest BCUT2D eigenvalue weighted by Gasteiger charge is 2.29. The number of aryl methyl sites for hydroxylation is 1. The lowest BCUT2D eigenvalue weighted by atomic mass is 10.2. The molecule has 0 aliphatic carbocycles. The first kappa shape index (κ1) is 24.8. The van der Waals surface area contributed by atoms with Crippen LogP contribution in [-0.2, 0) is 14.8 Å². The second-order valence-electron chi connectivity index (χ2n) is 6.69. The van der Waals surface area contributed by atoms with Crippen molar-refractivity contribution in [3.8, 4) is 0 Å². The molecule has 0 fully saturated rings. The lowest BCUT2D eigenvalue weighted by molar-refractivity contribution is -0.114. The number of aromatic nitrogens is 2. The first-order valence-electron chi connectivity index (χ1n) is 9.51. The van der Waals surface area contributed by atoms with Crippen LogP contribution < -0.4 is 9.62 Å². The fourth-order valence-corrected chi connectivity index (χ4v) is 6.17. The average Bonchev–Trinajstić information content (AvgIpc) is 3.19. The van der Waals surface area contributed by atoms with Crippen molar-refractivity contribution in [1.82, 2.24) is 10.2 Å². The van der Waals surface area contributed by atoms with Crippen molar-refractivity contribution in [2.24, 2.45) is 0 Å². The van der Waals surface area contributed by atoms with Crippen LogP contribution in [0.5, 0.6) is 0 Å². The fraction of sp³-hybridized carbons (Fsp3) is 0.250. The summed E-state index contributed by atoms with van der Waals surface area (Å²) in [5.74, 6) is 0.304. The highest BCUT2D eigenvalue weighted by Crippen LogP contribution is 2.33. The van der Waals surface area contributed by atoms with Crippen LogP contribution in [0.3, 0.4) is 0 Å². The summed E-state index contributed by atoms with van der Waals surface area (Å²) in [7, 11) is -4.11. The Bertz CT molecular complexity index is 1200. The molecule has 3 aromatic rings. The smallest absolute Gasteiger partial charge is 0.264 e. The number of sulfonamides is 1. The van der Waals surface area contributed by atoms with Gasteiger partial charge in [0, 0.05) is 10.8 Å². The lowest BCUT2D eigenvalue weighted by Crippen LogP contribution is -2.38. The van der Waals surface area contributed by atoms with Crippen molar-refractivity contribution < 1.29 is 13.2 Å². The van der Waals surface area contributed by atoms with E-state index in [9.17, 15) is 13.2 Å². The molecule has 0 aliphatic heterocycles. The Morgan fingerprint density at radius 1 is 1.16 bits per heavy atom. The number of amides is 1. The maximum Gasteiger partial charge on any atom is 0.264 e. The number of rotatable bonds is 9. The number of hydrogen-bond acceptors (Lipinski definition) is 7. The molecule has 1 N–H and O–H groups in total. The Morgan fingerprint density at radius 3 is 2.56 bits per heavy atom. The van der Waals surface area contributed by atoms with Crippen molar-refractivity contribution in [2.75, 3.05) is 21.9 Å². The van der Waals surface area contributed by atoms with E-state index in [1.807, 2.05) is 6.92 Å². The molecule has 1 heterocycles. The van der Waals surface area contributed by atoms with Crippen LogP contribution in [0.2, 0.25) is 10.0 Å². The van der Waals surface area contributed by atoms with Gasteiger partial charge in [-0.1, -0.05) is 70.9 Å². The number of carbonyl (C=O) groups excluding carboxylic acids is 1. The van der Waals surface area contributed by atoms with Crippen LogP contribution in [-0.4, -0.2) is 36.8 Å². The molecule has 0 saturated heterocycles. The third-order valence-electron chi connectivity index (χ3n) is 4.16. The van der Waals surface area contributed by atoms with E-state index in [1.165, 1.54) is 35.6 Å². The number of benzene rings is 2. The SMILES string of the molecule is CCCSc1nnc(NC(=O)CN(c2cc(Cl)ccc2Cl)S(=O)(=O)c2ccc(C)cc2)s1. The molecule has 2 aromatic carbocycles. The van der Waals surface area contributed by atoms with E-state index in [1.54, 1.807) is 30.0 Å². The first-order valence-corrected chi connectivity index (χ1v) is 13.5. The summed E-state index contributed by atoms with van der Waals surface area (Å²) in [5.41, 5.74) is 1.01. The van der Waals surface area contributed by atoms with Gasteiger partial charge in [-0.2, -0.15) is 0 Å². The summed E-state index contributed by atoms with van der Waals surface area (Å²) >= 11 is 15.1. The maximum atomic E-state index is 13.4. The van der Waals surface area contributed by atoms with Gasteiger partial charge in [0.15, 0.2) is 4.34 Å². The third-order valence-corrected chi connectivity index (χ3v) is 8.66. The lowest BCUT2D eigenvalue weighted by Gasteiger charge is -2.25. The number of nitrogens with one attached hydrogen (secondary N) is 1. The summed E-state index contributed by atoms with van der Waals surface area (Å²) in [6.07, 6.45) is 0.984. The number of thioether (sulfide) groups is 1. The minimum absolute atomic E-state index is 0.0288. The van der Waals surface area contributed by atoms with Crippen molar-refractivity contribution in [3.63, 3.8) is 0 Å². The molecule has 3 rings (SSSR count). The van der Waals surface area contributed by atoms with Gasteiger partial charge >= 0.3 is 0 Å². The van der Waals surface area contributed by atoms with Crippen molar-refractivity contribution in [2.45, 2.75) is 29.5 Å². The Balaban J connectivity index is 1.90. The largest absolute Gasteiger partial charge is 0.299 e. The third kappa shape index (κ3) is 6.14. The quantitative estimate of drug-likeness (QED) is 0.290. The summed E-state index contributed by atoms with van der Waals surface area (Å²) in [4.78, 5) is 12.8. The van der Waals surface area contributed by atoms with Crippen molar-refractivity contribution in [1.29, 1.82) is 0 Å². The standard InChI is InChI=1S/C20H20Cl2N4O3S3/c1-3-10-30-20-25-24-19(31-20)23-18(27)12-26(17-11-14(21)6-9-16(17)22)32(28,29)15-7-4-13(2)5-8-15/h4-9,11H,3,10,12H2,1-2H3,(H,23,24,27). The minimum Gasteiger partial charge on any atom is -0.299 e. The number of halogens is 2. The van der Waals surface area contributed by atoms with Crippen molar-refractivity contribution >= 4 is 73.0 Å². The van der Waals surface area contributed by atoms with Gasteiger partial charge in [0.1, 0.15) is 6.54 Å². The van der Waals surface area contributed by atoms with Gasteiger partial charge in [-0.05, 0) is 43.7 Å². The Kier molecular flexibility index (Phi) is 8.40. The molecule has 32 heavy (non-hydrogen) atoms. The molecule has 0 spiro atoms. The summed E-state index contributed by atoms with van der Waals surface area (Å²) in [5, 5.41) is 11.3. The molecule has 12 heteroatoms. The van der Waals surface area contributed by atoms with Gasteiger partial charge < -0.3 is 0 Å². The molecule has 0 atom stereocenters. The van der Waals surface area contributed by atoms with Crippen LogP contribution in [0.15, 0.2) is 51.7 Å². The average molecular weight is 532 g/mol. The fourth-order valence-electron chi connectivity index (χ4n) is 2.61. The molecule has 0 saturated carbocycles. The second-order valence-corrected chi connectivity index (χ2v) is 11.7. The Hall–Kier alpha value is -1.85. The van der Waals surface area contributed by atoms with E-state index in [-0.39, 0.29) is 20.6 Å². The van der Waals surface area contributed by atoms with Gasteiger partial charge in [-0.3, -0.25) is 14.4 Å². The predicted octanol–water partition coefficient (Wildman–Crippen LogP) is 5.49. The van der Waals surface area contributed by atoms with Crippen LogP contribution in [0.4, 0.5) is 10.8 Å². The van der Waals surface area contributed by atoms with E-state index in [0.717, 1.165) is 26.4 Å². The summed E-state index contributed by atoms with van der Waals surface area (Å²) in [6.45, 7) is 3.39. The monoisotopic (exact) mass is 530 g/mol. The maximum absolute atomic E-state index is 13.4. The van der Waals surface area contributed by atoms with Gasteiger partial charge in [0.25, 0.3) is 10.0 Å². The first-order chi connectivity index (χ1) is 15.2. The van der Waals surface area contributed by atoms with E-state index in [0.29, 0.717) is 5.13 Å². The van der Waals surface area contributed by atoms with Crippen LogP contribution >= 0.6 is 46.3 Å². The molecule has 0 bridgehead atoms. The molecule has 0 unspecified atom stereocenters. The number of hydrogen-bond donors (Lipinski definition) is 1. The topological polar surface area (TPSA) is 92.3 Å². The summed E-state index contributed by atoms with van der Waals surface area (Å²) in [6, 6.07) is 10.8. The molecule has 7 nitrogen and oxygen atoms in total. The number of anilines is 2. The zero-order valence-electron chi connectivity index (χ0n) is 17.2. The highest BCUT2D eigenvalue weighted by molar-refractivity contribution is 8.01. The molecule has 170 valence electrons. The zero-order valence-corrected chi connectivity index (χ0v) is 21.2. The molecule has 0 aliphatic rings. The Morgan fingerprint density at radius 2 is 1.88 bits per heavy atom. The zero-order chi connectivity index (χ0) is 23.3. The van der Waals surface area contributed by atoms with E-state index in [2.05, 4.69) is 22.4 Å². The van der Waals surface area contributed by atoms with E-state index < -0.39 is 22.5 Å². The highest BCUT2D eigenvalue weighted by atomic mass is 35.5. The second kappa shape index (κ2) is 10.8. The molecule has 1 aromatic heterocycles. The van der Waals surface area contributed by atoms with Crippen molar-refractivity contribution in [3.05, 3.63) is 58.1 Å². The van der Waals surface area contributed by atoms with Crippen LogP contribution in [0, 0.1) is 6.92 Å². The van der Waals surface area contributed by atoms with Crippen LogP contribution in [0.25, 0.3) is 0 Å². The Labute approximate surface area is 205 Å². The predicted molar refractivity (Wildman–Crippen MR) is 132 cm³/mol. The normalized spacial score (nSPS) is 11.4. The number of nitrogens with zero attached hydrogens (tertiary/aromatic N) is 3. The van der Waals surface area contributed by atoms with Crippen LogP contribution in [0.1, 0.15) is 18.9 Å². The molecular weight excluding hydrogens is 511 g/mol. The van der Waals surface area contributed by atoms with Gasteiger partial charge in [-0.15, -0.1) is 10.2 Å².